The normalized spacial score (nSPS) is 24.1. The van der Waals surface area contributed by atoms with Crippen LogP contribution in [0.4, 0.5) is 0 Å². The van der Waals surface area contributed by atoms with E-state index in [9.17, 15) is 14.4 Å². The third-order valence-electron chi connectivity index (χ3n) is 12.8. The van der Waals surface area contributed by atoms with Crippen LogP contribution in [0.2, 0.25) is 0 Å². The summed E-state index contributed by atoms with van der Waals surface area (Å²) in [7, 11) is 0. The van der Waals surface area contributed by atoms with Gasteiger partial charge < -0.3 is 17.2 Å². The first kappa shape index (κ1) is 41.9. The second-order valence-electron chi connectivity index (χ2n) is 17.3. The first-order valence-electron chi connectivity index (χ1n) is 21.8. The quantitative estimate of drug-likeness (QED) is 0.253. The van der Waals surface area contributed by atoms with Gasteiger partial charge in [-0.15, -0.1) is 0 Å². The van der Waals surface area contributed by atoms with E-state index in [0.29, 0.717) is 55.2 Å². The number of hydrogen-bond donors (Lipinski definition) is 3. The highest BCUT2D eigenvalue weighted by molar-refractivity contribution is 6.12. The molecule has 0 aromatic heterocycles. The number of hydrogen-bond acceptors (Lipinski definition) is 6. The molecule has 6 nitrogen and oxygen atoms in total. The molecule has 6 heteroatoms. The van der Waals surface area contributed by atoms with Crippen LogP contribution in [0, 0.1) is 0 Å². The van der Waals surface area contributed by atoms with Gasteiger partial charge in [0.15, 0.2) is 17.3 Å². The molecule has 0 bridgehead atoms. The lowest BCUT2D eigenvalue weighted by molar-refractivity contribution is 0.0859. The SMILES string of the molecule is NC1(C(=O)c2cc(C(=O)C3(N)CCCCCCCCCCC3)cc(C(=O)C3(N)CCCCCCCCCCC3)c2)CCCCCCCCCCC1. The second-order valence-corrected chi connectivity index (χ2v) is 17.3. The Bertz CT molecular complexity index is 1030. The van der Waals surface area contributed by atoms with E-state index in [0.717, 1.165) is 77.0 Å². The highest BCUT2D eigenvalue weighted by Gasteiger charge is 2.39. The van der Waals surface area contributed by atoms with Gasteiger partial charge in [0.25, 0.3) is 0 Å². The minimum absolute atomic E-state index is 0.141. The molecule has 6 N–H and O–H groups in total. The first-order valence-corrected chi connectivity index (χ1v) is 21.8. The molecule has 0 atom stereocenters. The molecule has 0 unspecified atom stereocenters. The van der Waals surface area contributed by atoms with Crippen molar-refractivity contribution in [3.63, 3.8) is 0 Å². The van der Waals surface area contributed by atoms with Crippen molar-refractivity contribution in [1.29, 1.82) is 0 Å². The van der Waals surface area contributed by atoms with Gasteiger partial charge in [0, 0.05) is 16.7 Å². The maximum Gasteiger partial charge on any atom is 0.182 e. The molecule has 0 amide bonds. The molecular weight excluding hydrogens is 631 g/mol. The summed E-state index contributed by atoms with van der Waals surface area (Å²) < 4.78 is 0. The van der Waals surface area contributed by atoms with Crippen LogP contribution in [0.15, 0.2) is 18.2 Å². The molecule has 0 heterocycles. The summed E-state index contributed by atoms with van der Waals surface area (Å²) in [6.45, 7) is 0. The Labute approximate surface area is 311 Å². The average molecular weight is 706 g/mol. The van der Waals surface area contributed by atoms with Crippen molar-refractivity contribution in [2.24, 2.45) is 17.2 Å². The molecule has 288 valence electrons. The van der Waals surface area contributed by atoms with Crippen LogP contribution in [0.1, 0.15) is 243 Å². The van der Waals surface area contributed by atoms with E-state index in [4.69, 9.17) is 17.2 Å². The third kappa shape index (κ3) is 13.2. The second kappa shape index (κ2) is 21.7. The summed E-state index contributed by atoms with van der Waals surface area (Å²) >= 11 is 0. The van der Waals surface area contributed by atoms with Gasteiger partial charge in [0.05, 0.1) is 16.6 Å². The summed E-state index contributed by atoms with van der Waals surface area (Å²) in [4.78, 5) is 44.1. The summed E-state index contributed by atoms with van der Waals surface area (Å²) in [6.07, 6.45) is 33.9. The summed E-state index contributed by atoms with van der Waals surface area (Å²) in [5, 5.41) is 0. The van der Waals surface area contributed by atoms with Crippen molar-refractivity contribution in [2.75, 3.05) is 0 Å². The number of benzene rings is 1. The fourth-order valence-corrected chi connectivity index (χ4v) is 9.29. The minimum atomic E-state index is -1.03. The zero-order valence-electron chi connectivity index (χ0n) is 32.5. The van der Waals surface area contributed by atoms with E-state index in [1.54, 1.807) is 18.2 Å². The number of nitrogens with two attached hydrogens (primary N) is 3. The molecule has 3 aliphatic rings. The molecule has 3 aliphatic carbocycles. The van der Waals surface area contributed by atoms with E-state index in [2.05, 4.69) is 0 Å². The molecule has 0 radical (unpaired) electrons. The van der Waals surface area contributed by atoms with Crippen LogP contribution in [0.3, 0.4) is 0 Å². The van der Waals surface area contributed by atoms with Gasteiger partial charge in [-0.05, 0) is 56.7 Å². The van der Waals surface area contributed by atoms with Crippen molar-refractivity contribution in [1.82, 2.24) is 0 Å². The maximum atomic E-state index is 14.7. The van der Waals surface area contributed by atoms with Crippen LogP contribution < -0.4 is 17.2 Å². The predicted octanol–water partition coefficient (Wildman–Crippen LogP) is 11.2. The minimum Gasteiger partial charge on any atom is -0.319 e. The Kier molecular flexibility index (Phi) is 17.8. The Morgan fingerprint density at radius 2 is 0.431 bits per heavy atom. The molecule has 3 fully saturated rings. The number of carbonyl (C=O) groups excluding carboxylic acids is 3. The summed E-state index contributed by atoms with van der Waals surface area (Å²) in [5.74, 6) is -0.423. The van der Waals surface area contributed by atoms with Gasteiger partial charge in [-0.2, -0.15) is 0 Å². The van der Waals surface area contributed by atoms with Crippen LogP contribution in [-0.2, 0) is 0 Å². The first-order chi connectivity index (χ1) is 24.7. The molecular formula is C45H75N3O3. The lowest BCUT2D eigenvalue weighted by Crippen LogP contribution is -2.50. The molecule has 3 saturated carbocycles. The summed E-state index contributed by atoms with van der Waals surface area (Å²) in [5.41, 5.74) is 19.5. The van der Waals surface area contributed by atoms with Gasteiger partial charge in [-0.3, -0.25) is 14.4 Å². The number of ketones is 3. The van der Waals surface area contributed by atoms with Crippen molar-refractivity contribution in [3.8, 4) is 0 Å². The number of rotatable bonds is 6. The fraction of sp³-hybridized carbons (Fsp3) is 0.800. The van der Waals surface area contributed by atoms with Crippen LogP contribution in [0.25, 0.3) is 0 Å². The van der Waals surface area contributed by atoms with Gasteiger partial charge in [-0.25, -0.2) is 0 Å². The Balaban J connectivity index is 1.72. The van der Waals surface area contributed by atoms with Crippen molar-refractivity contribution in [2.45, 2.75) is 229 Å². The third-order valence-corrected chi connectivity index (χ3v) is 12.8. The van der Waals surface area contributed by atoms with Gasteiger partial charge >= 0.3 is 0 Å². The zero-order chi connectivity index (χ0) is 36.4. The van der Waals surface area contributed by atoms with Crippen LogP contribution >= 0.6 is 0 Å². The molecule has 0 aliphatic heterocycles. The maximum absolute atomic E-state index is 14.7. The van der Waals surface area contributed by atoms with Crippen LogP contribution in [0.5, 0.6) is 0 Å². The van der Waals surface area contributed by atoms with E-state index >= 15 is 0 Å². The standard InChI is InChI=1S/C45H75N3O3/c46-43(28-22-16-10-4-1-5-11-17-23-29-43)40(49)37-34-38(41(50)44(47)30-24-18-12-6-2-7-13-19-25-31-44)36-39(35-37)42(51)45(48)32-26-20-14-8-3-9-15-21-27-33-45/h34-36H,1-33,46-48H2. The van der Waals surface area contributed by atoms with E-state index in [1.807, 2.05) is 0 Å². The smallest absolute Gasteiger partial charge is 0.182 e. The molecule has 1 aromatic rings. The highest BCUT2D eigenvalue weighted by atomic mass is 16.1. The van der Waals surface area contributed by atoms with Gasteiger partial charge in [-0.1, -0.05) is 173 Å². The van der Waals surface area contributed by atoms with Crippen molar-refractivity contribution < 1.29 is 14.4 Å². The van der Waals surface area contributed by atoms with Crippen LogP contribution in [-0.4, -0.2) is 34.0 Å². The monoisotopic (exact) mass is 706 g/mol. The average Bonchev–Trinajstić information content (AvgIpc) is 3.11. The van der Waals surface area contributed by atoms with E-state index < -0.39 is 16.6 Å². The topological polar surface area (TPSA) is 129 Å². The zero-order valence-corrected chi connectivity index (χ0v) is 32.5. The Morgan fingerprint density at radius 1 is 0.294 bits per heavy atom. The van der Waals surface area contributed by atoms with Gasteiger partial charge in [0.1, 0.15) is 0 Å². The van der Waals surface area contributed by atoms with E-state index in [-0.39, 0.29) is 17.3 Å². The summed E-state index contributed by atoms with van der Waals surface area (Å²) in [6, 6.07) is 5.21. The van der Waals surface area contributed by atoms with Gasteiger partial charge in [0.2, 0.25) is 0 Å². The Hall–Kier alpha value is -1.89. The van der Waals surface area contributed by atoms with Crippen molar-refractivity contribution >= 4 is 17.3 Å². The van der Waals surface area contributed by atoms with E-state index in [1.165, 1.54) is 96.3 Å². The molecule has 0 spiro atoms. The molecule has 4 rings (SSSR count). The highest BCUT2D eigenvalue weighted by Crippen LogP contribution is 2.33. The lowest BCUT2D eigenvalue weighted by Gasteiger charge is -2.32. The largest absolute Gasteiger partial charge is 0.319 e. The fourth-order valence-electron chi connectivity index (χ4n) is 9.29. The molecule has 1 aromatic carbocycles. The lowest BCUT2D eigenvalue weighted by atomic mass is 9.76. The van der Waals surface area contributed by atoms with Crippen molar-refractivity contribution in [3.05, 3.63) is 34.9 Å². The predicted molar refractivity (Wildman–Crippen MR) is 213 cm³/mol. The molecule has 51 heavy (non-hydrogen) atoms. The number of Topliss-reactive ketones (excluding diaryl/α,β-unsaturated/α-hetero) is 3. The molecule has 0 saturated heterocycles. The Morgan fingerprint density at radius 3 is 0.588 bits per heavy atom. The number of carbonyl (C=O) groups is 3.